The van der Waals surface area contributed by atoms with E-state index < -0.39 is 17.7 Å². The first-order valence-electron chi connectivity index (χ1n) is 8.18. The fourth-order valence-electron chi connectivity index (χ4n) is 2.23. The molecule has 0 bridgehead atoms. The number of halogens is 1. The molecule has 7 heteroatoms. The monoisotopic (exact) mass is 361 g/mol. The zero-order valence-corrected chi connectivity index (χ0v) is 14.3. The fourth-order valence-corrected chi connectivity index (χ4v) is 2.23. The van der Waals surface area contributed by atoms with Crippen LogP contribution in [0.2, 0.25) is 0 Å². The number of hydrogen-bond donors (Lipinski definition) is 2. The zero-order chi connectivity index (χ0) is 18.9. The van der Waals surface area contributed by atoms with Gasteiger partial charge in [0.1, 0.15) is 5.75 Å². The second-order valence-corrected chi connectivity index (χ2v) is 5.37. The van der Waals surface area contributed by atoms with Gasteiger partial charge in [-0.25, -0.2) is 4.39 Å². The average molecular weight is 361 g/mol. The molecule has 0 aliphatic carbocycles. The summed E-state index contributed by atoms with van der Waals surface area (Å²) < 4.78 is 24.5. The minimum Gasteiger partial charge on any atom is -0.494 e. The highest BCUT2D eigenvalue weighted by atomic mass is 19.1. The third-order valence-corrected chi connectivity index (χ3v) is 3.42. The van der Waals surface area contributed by atoms with E-state index in [0.29, 0.717) is 24.5 Å². The molecule has 138 valence electrons. The molecule has 2 aromatic rings. The van der Waals surface area contributed by atoms with Crippen molar-refractivity contribution in [2.45, 2.75) is 19.8 Å². The number of carbonyl (C=O) groups excluding carboxylic acids is 1. The molecule has 0 saturated carbocycles. The van der Waals surface area contributed by atoms with Crippen LogP contribution in [0.4, 0.5) is 10.1 Å². The van der Waals surface area contributed by atoms with Gasteiger partial charge in [0.2, 0.25) is 0 Å². The lowest BCUT2D eigenvalue weighted by Gasteiger charge is -2.12. The van der Waals surface area contributed by atoms with Gasteiger partial charge in [0.15, 0.2) is 11.6 Å². The van der Waals surface area contributed by atoms with Gasteiger partial charge in [-0.3, -0.25) is 9.59 Å². The minimum atomic E-state index is -0.865. The quantitative estimate of drug-likeness (QED) is 0.665. The van der Waals surface area contributed by atoms with E-state index in [4.69, 9.17) is 14.6 Å². The van der Waals surface area contributed by atoms with Gasteiger partial charge in [-0.1, -0.05) is 6.07 Å². The van der Waals surface area contributed by atoms with Gasteiger partial charge in [-0.15, -0.1) is 0 Å². The highest BCUT2D eigenvalue weighted by molar-refractivity contribution is 6.06. The van der Waals surface area contributed by atoms with Gasteiger partial charge in [0.25, 0.3) is 5.91 Å². The largest absolute Gasteiger partial charge is 0.494 e. The molecule has 1 amide bonds. The highest BCUT2D eigenvalue weighted by Gasteiger charge is 2.16. The maximum atomic E-state index is 13.8. The maximum absolute atomic E-state index is 13.8. The third-order valence-electron chi connectivity index (χ3n) is 3.42. The van der Waals surface area contributed by atoms with Gasteiger partial charge < -0.3 is 19.9 Å². The first-order valence-corrected chi connectivity index (χ1v) is 8.18. The predicted molar refractivity (Wildman–Crippen MR) is 94.3 cm³/mol. The topological polar surface area (TPSA) is 84.9 Å². The van der Waals surface area contributed by atoms with Gasteiger partial charge in [0, 0.05) is 12.1 Å². The Morgan fingerprint density at radius 2 is 1.85 bits per heavy atom. The second-order valence-electron chi connectivity index (χ2n) is 5.37. The summed E-state index contributed by atoms with van der Waals surface area (Å²) in [5.41, 5.74) is 0.625. The molecule has 0 aromatic heterocycles. The number of carbonyl (C=O) groups is 2. The zero-order valence-electron chi connectivity index (χ0n) is 14.3. The Morgan fingerprint density at radius 3 is 2.50 bits per heavy atom. The average Bonchev–Trinajstić information content (AvgIpc) is 2.61. The van der Waals surface area contributed by atoms with Crippen LogP contribution in [-0.4, -0.2) is 30.2 Å². The Balaban J connectivity index is 1.97. The summed E-state index contributed by atoms with van der Waals surface area (Å²) in [6.07, 6.45) is 0.456. The highest BCUT2D eigenvalue weighted by Crippen LogP contribution is 2.24. The van der Waals surface area contributed by atoms with E-state index in [9.17, 15) is 14.0 Å². The van der Waals surface area contributed by atoms with E-state index in [-0.39, 0.29) is 24.3 Å². The van der Waals surface area contributed by atoms with Crippen molar-refractivity contribution in [2.75, 3.05) is 18.5 Å². The van der Waals surface area contributed by atoms with E-state index in [2.05, 4.69) is 5.32 Å². The van der Waals surface area contributed by atoms with Crippen LogP contribution in [0.1, 0.15) is 30.1 Å². The molecule has 2 aromatic carbocycles. The van der Waals surface area contributed by atoms with Gasteiger partial charge in [0.05, 0.1) is 18.8 Å². The molecule has 26 heavy (non-hydrogen) atoms. The summed E-state index contributed by atoms with van der Waals surface area (Å²) in [4.78, 5) is 22.8. The van der Waals surface area contributed by atoms with Crippen LogP contribution in [0.25, 0.3) is 0 Å². The van der Waals surface area contributed by atoms with Gasteiger partial charge >= 0.3 is 5.97 Å². The number of ether oxygens (including phenoxy) is 2. The number of aliphatic carboxylic acids is 1. The molecule has 0 aliphatic heterocycles. The van der Waals surface area contributed by atoms with Crippen LogP contribution >= 0.6 is 0 Å². The SMILES string of the molecule is CCOc1c(F)cccc1C(=O)Nc1ccc(OCCCC(=O)O)cc1. The summed E-state index contributed by atoms with van der Waals surface area (Å²) >= 11 is 0. The first-order chi connectivity index (χ1) is 12.5. The standard InChI is InChI=1S/C19H20FNO5/c1-2-25-18-15(5-3-6-16(18)20)19(24)21-13-8-10-14(11-9-13)26-12-4-7-17(22)23/h3,5-6,8-11H,2,4,7,12H2,1H3,(H,21,24)(H,22,23). The fraction of sp³-hybridized carbons (Fsp3) is 0.263. The molecule has 0 aliphatic rings. The lowest BCUT2D eigenvalue weighted by Crippen LogP contribution is -2.14. The lowest BCUT2D eigenvalue weighted by atomic mass is 10.1. The maximum Gasteiger partial charge on any atom is 0.303 e. The summed E-state index contributed by atoms with van der Waals surface area (Å²) in [6.45, 7) is 2.25. The van der Waals surface area contributed by atoms with E-state index in [1.165, 1.54) is 18.2 Å². The van der Waals surface area contributed by atoms with Crippen molar-refractivity contribution < 1.29 is 28.6 Å². The third kappa shape index (κ3) is 5.47. The predicted octanol–water partition coefficient (Wildman–Crippen LogP) is 3.72. The number of rotatable bonds is 9. The molecule has 0 spiro atoms. The molecule has 0 fully saturated rings. The Hall–Kier alpha value is -3.09. The van der Waals surface area contributed by atoms with Crippen LogP contribution in [-0.2, 0) is 4.79 Å². The number of carboxylic acids is 1. The van der Waals surface area contributed by atoms with Crippen LogP contribution in [0, 0.1) is 5.82 Å². The Kier molecular flexibility index (Phi) is 6.96. The number of benzene rings is 2. The molecule has 6 nitrogen and oxygen atoms in total. The number of para-hydroxylation sites is 1. The van der Waals surface area contributed by atoms with Crippen molar-refractivity contribution in [3.8, 4) is 11.5 Å². The van der Waals surface area contributed by atoms with Crippen molar-refractivity contribution in [3.63, 3.8) is 0 Å². The molecule has 0 radical (unpaired) electrons. The van der Waals surface area contributed by atoms with E-state index in [0.717, 1.165) is 0 Å². The van der Waals surface area contributed by atoms with Crippen LogP contribution < -0.4 is 14.8 Å². The number of amides is 1. The number of carboxylic acid groups (broad SMARTS) is 1. The normalized spacial score (nSPS) is 10.2. The second kappa shape index (κ2) is 9.41. The van der Waals surface area contributed by atoms with Crippen LogP contribution in [0.15, 0.2) is 42.5 Å². The first kappa shape index (κ1) is 19.2. The van der Waals surface area contributed by atoms with Crippen LogP contribution in [0.3, 0.4) is 0 Å². The summed E-state index contributed by atoms with van der Waals surface area (Å²) in [5, 5.41) is 11.2. The molecule has 2 N–H and O–H groups in total. The number of nitrogens with one attached hydrogen (secondary N) is 1. The Bertz CT molecular complexity index is 761. The summed E-state index contributed by atoms with van der Waals surface area (Å²) in [5.74, 6) is -1.46. The molecule has 0 atom stereocenters. The molecule has 0 saturated heterocycles. The Morgan fingerprint density at radius 1 is 1.12 bits per heavy atom. The van der Waals surface area contributed by atoms with E-state index in [1.807, 2.05) is 0 Å². The smallest absolute Gasteiger partial charge is 0.303 e. The van der Waals surface area contributed by atoms with Crippen molar-refractivity contribution >= 4 is 17.6 Å². The summed E-state index contributed by atoms with van der Waals surface area (Å²) in [7, 11) is 0. The molecule has 0 unspecified atom stereocenters. The van der Waals surface area contributed by atoms with Crippen LogP contribution in [0.5, 0.6) is 11.5 Å². The Labute approximate surface area is 150 Å². The van der Waals surface area contributed by atoms with Gasteiger partial charge in [-0.05, 0) is 49.7 Å². The van der Waals surface area contributed by atoms with Crippen molar-refractivity contribution in [1.82, 2.24) is 0 Å². The molecule has 2 rings (SSSR count). The molecule has 0 heterocycles. The minimum absolute atomic E-state index is 0.0456. The van der Waals surface area contributed by atoms with Crippen molar-refractivity contribution in [3.05, 3.63) is 53.8 Å². The van der Waals surface area contributed by atoms with Gasteiger partial charge in [-0.2, -0.15) is 0 Å². The van der Waals surface area contributed by atoms with E-state index >= 15 is 0 Å². The number of anilines is 1. The lowest BCUT2D eigenvalue weighted by molar-refractivity contribution is -0.137. The summed E-state index contributed by atoms with van der Waals surface area (Å²) in [6, 6.07) is 10.8. The van der Waals surface area contributed by atoms with Crippen molar-refractivity contribution in [2.24, 2.45) is 0 Å². The number of hydrogen-bond acceptors (Lipinski definition) is 4. The van der Waals surface area contributed by atoms with E-state index in [1.54, 1.807) is 31.2 Å². The molecular weight excluding hydrogens is 341 g/mol. The molecular formula is C19H20FNO5. The van der Waals surface area contributed by atoms with Crippen molar-refractivity contribution in [1.29, 1.82) is 0 Å².